The molecule has 0 spiro atoms. The molecule has 0 saturated carbocycles. The summed E-state index contributed by atoms with van der Waals surface area (Å²) in [7, 11) is 0. The maximum atomic E-state index is 12.9. The number of aromatic nitrogens is 3. The summed E-state index contributed by atoms with van der Waals surface area (Å²) in [6, 6.07) is 3.07. The fourth-order valence-corrected chi connectivity index (χ4v) is 2.87. The highest BCUT2D eigenvalue weighted by atomic mass is 32.2. The van der Waals surface area contributed by atoms with Crippen molar-refractivity contribution in [2.75, 3.05) is 5.75 Å². The SMILES string of the molecule is [O-][S+](CC(F)(F)F)c1cc(-n2cnc(C(F)(F)F)n2)ccc1CF. The van der Waals surface area contributed by atoms with E-state index < -0.39 is 46.7 Å². The predicted octanol–water partition coefficient (Wildman–Crippen LogP) is 3.43. The maximum Gasteiger partial charge on any atom is 0.453 e. The summed E-state index contributed by atoms with van der Waals surface area (Å²) in [6.45, 7) is -1.18. The van der Waals surface area contributed by atoms with E-state index in [4.69, 9.17) is 0 Å². The van der Waals surface area contributed by atoms with Gasteiger partial charge >= 0.3 is 12.4 Å². The number of benzene rings is 1. The number of nitrogens with zero attached hydrogens (tertiary/aromatic N) is 3. The van der Waals surface area contributed by atoms with E-state index in [0.717, 1.165) is 18.2 Å². The van der Waals surface area contributed by atoms with Crippen molar-refractivity contribution in [3.05, 3.63) is 35.9 Å². The summed E-state index contributed by atoms with van der Waals surface area (Å²) >= 11 is -2.61. The van der Waals surface area contributed by atoms with Gasteiger partial charge in [0.1, 0.15) is 13.0 Å². The molecule has 1 aromatic carbocycles. The molecule has 2 rings (SSSR count). The Morgan fingerprint density at radius 1 is 1.12 bits per heavy atom. The van der Waals surface area contributed by atoms with Crippen LogP contribution in [0.5, 0.6) is 0 Å². The van der Waals surface area contributed by atoms with Crippen LogP contribution in [0.25, 0.3) is 5.69 Å². The van der Waals surface area contributed by atoms with Crippen molar-refractivity contribution in [2.45, 2.75) is 23.9 Å². The average Bonchev–Trinajstić information content (AvgIpc) is 2.94. The highest BCUT2D eigenvalue weighted by molar-refractivity contribution is 7.91. The monoisotopic (exact) mass is 375 g/mol. The third-order valence-corrected chi connectivity index (χ3v) is 4.20. The molecule has 0 aliphatic carbocycles. The lowest BCUT2D eigenvalue weighted by Crippen LogP contribution is -2.23. The number of alkyl halides is 7. The van der Waals surface area contributed by atoms with Crippen LogP contribution < -0.4 is 0 Å². The van der Waals surface area contributed by atoms with Gasteiger partial charge in [-0.2, -0.15) is 26.3 Å². The fraction of sp³-hybridized carbons (Fsp3) is 0.333. The smallest absolute Gasteiger partial charge is 0.453 e. The molecule has 0 amide bonds. The van der Waals surface area contributed by atoms with Crippen molar-refractivity contribution in [3.8, 4) is 5.69 Å². The van der Waals surface area contributed by atoms with Crippen molar-refractivity contribution in [2.24, 2.45) is 0 Å². The topological polar surface area (TPSA) is 53.8 Å². The molecule has 1 heterocycles. The lowest BCUT2D eigenvalue weighted by molar-refractivity contribution is -0.144. The Morgan fingerprint density at radius 2 is 1.79 bits per heavy atom. The molecule has 4 nitrogen and oxygen atoms in total. The number of hydrogen-bond acceptors (Lipinski definition) is 3. The molecule has 24 heavy (non-hydrogen) atoms. The first kappa shape index (κ1) is 18.5. The van der Waals surface area contributed by atoms with Crippen LogP contribution in [0, 0.1) is 0 Å². The van der Waals surface area contributed by atoms with Gasteiger partial charge in [-0.15, -0.1) is 5.10 Å². The van der Waals surface area contributed by atoms with Gasteiger partial charge < -0.3 is 4.55 Å². The minimum atomic E-state index is -4.80. The van der Waals surface area contributed by atoms with Gasteiger partial charge in [-0.25, -0.2) is 14.1 Å². The molecular formula is C12H8F7N3OS. The van der Waals surface area contributed by atoms with Gasteiger partial charge in [0.2, 0.25) is 5.75 Å². The van der Waals surface area contributed by atoms with E-state index in [1.54, 1.807) is 0 Å². The van der Waals surface area contributed by atoms with Gasteiger partial charge in [-0.1, -0.05) is 0 Å². The molecule has 0 aliphatic rings. The fourth-order valence-electron chi connectivity index (χ4n) is 1.75. The third kappa shape index (κ3) is 4.38. The molecule has 1 atom stereocenters. The van der Waals surface area contributed by atoms with E-state index >= 15 is 0 Å². The zero-order valence-corrected chi connectivity index (χ0v) is 12.3. The van der Waals surface area contributed by atoms with Gasteiger partial charge in [0.15, 0.2) is 4.90 Å². The molecule has 0 saturated heterocycles. The third-order valence-electron chi connectivity index (χ3n) is 2.74. The highest BCUT2D eigenvalue weighted by Crippen LogP contribution is 2.29. The first-order valence-corrected chi connectivity index (χ1v) is 7.46. The van der Waals surface area contributed by atoms with Crippen LogP contribution in [0.1, 0.15) is 11.4 Å². The molecule has 0 N–H and O–H groups in total. The Kier molecular flexibility index (Phi) is 5.08. The van der Waals surface area contributed by atoms with Crippen LogP contribution in [0.3, 0.4) is 0 Å². The summed E-state index contributed by atoms with van der Waals surface area (Å²) in [5.41, 5.74) is -0.377. The molecule has 0 fully saturated rings. The summed E-state index contributed by atoms with van der Waals surface area (Å²) < 4.78 is 99.8. The first-order valence-electron chi connectivity index (χ1n) is 6.14. The second kappa shape index (κ2) is 6.59. The van der Waals surface area contributed by atoms with E-state index in [-0.39, 0.29) is 11.3 Å². The summed E-state index contributed by atoms with van der Waals surface area (Å²) in [4.78, 5) is 2.58. The highest BCUT2D eigenvalue weighted by Gasteiger charge is 2.37. The predicted molar refractivity (Wildman–Crippen MR) is 68.5 cm³/mol. The zero-order valence-electron chi connectivity index (χ0n) is 11.5. The van der Waals surface area contributed by atoms with Crippen LogP contribution in [0.4, 0.5) is 30.7 Å². The van der Waals surface area contributed by atoms with Gasteiger partial charge in [-0.05, 0) is 23.3 Å². The van der Waals surface area contributed by atoms with Crippen LogP contribution in [0.15, 0.2) is 29.4 Å². The largest absolute Gasteiger partial charge is 0.611 e. The average molecular weight is 375 g/mol. The zero-order chi connectivity index (χ0) is 18.1. The Bertz CT molecular complexity index is 713. The molecule has 0 bridgehead atoms. The van der Waals surface area contributed by atoms with E-state index in [2.05, 4.69) is 10.1 Å². The van der Waals surface area contributed by atoms with Crippen LogP contribution in [-0.4, -0.2) is 31.2 Å². The van der Waals surface area contributed by atoms with Crippen LogP contribution in [-0.2, 0) is 24.0 Å². The van der Waals surface area contributed by atoms with E-state index in [1.165, 1.54) is 0 Å². The quantitative estimate of drug-likeness (QED) is 0.608. The second-order valence-corrected chi connectivity index (χ2v) is 5.96. The Morgan fingerprint density at radius 3 is 2.29 bits per heavy atom. The lowest BCUT2D eigenvalue weighted by atomic mass is 10.2. The molecule has 1 aromatic heterocycles. The number of rotatable bonds is 4. The van der Waals surface area contributed by atoms with Crippen molar-refractivity contribution in [1.29, 1.82) is 0 Å². The Balaban J connectivity index is 2.40. The molecule has 0 aliphatic heterocycles. The molecule has 1 unspecified atom stereocenters. The van der Waals surface area contributed by atoms with Crippen molar-refractivity contribution in [1.82, 2.24) is 14.8 Å². The molecule has 2 aromatic rings. The number of hydrogen-bond donors (Lipinski definition) is 0. The normalized spacial score (nSPS) is 14.0. The molecular weight excluding hydrogens is 367 g/mol. The van der Waals surface area contributed by atoms with Crippen LogP contribution >= 0.6 is 0 Å². The molecule has 132 valence electrons. The molecule has 0 radical (unpaired) electrons. The standard InChI is InChI=1S/C12H8F7N3OS/c13-4-7-1-2-8(3-9(7)24(23)5-11(14,15)16)22-6-20-10(21-22)12(17,18)19/h1-3,6H,4-5H2. The van der Waals surface area contributed by atoms with E-state index in [1.807, 2.05) is 0 Å². The van der Waals surface area contributed by atoms with Gasteiger partial charge in [0.05, 0.1) is 5.69 Å². The van der Waals surface area contributed by atoms with Crippen molar-refractivity contribution >= 4 is 11.2 Å². The second-order valence-electron chi connectivity index (χ2n) is 4.54. The Labute approximate surface area is 133 Å². The van der Waals surface area contributed by atoms with E-state index in [9.17, 15) is 35.3 Å². The minimum Gasteiger partial charge on any atom is -0.611 e. The molecule has 12 heteroatoms. The number of halogens is 7. The lowest BCUT2D eigenvalue weighted by Gasteiger charge is -2.15. The summed E-state index contributed by atoms with van der Waals surface area (Å²) in [6.07, 6.45) is -8.85. The van der Waals surface area contributed by atoms with Crippen molar-refractivity contribution in [3.63, 3.8) is 0 Å². The summed E-state index contributed by atoms with van der Waals surface area (Å²) in [5, 5.41) is 3.15. The summed E-state index contributed by atoms with van der Waals surface area (Å²) in [5.74, 6) is -3.15. The van der Waals surface area contributed by atoms with Crippen LogP contribution in [0.2, 0.25) is 0 Å². The van der Waals surface area contributed by atoms with Gasteiger partial charge in [0, 0.05) is 11.6 Å². The van der Waals surface area contributed by atoms with E-state index in [0.29, 0.717) is 11.0 Å². The van der Waals surface area contributed by atoms with Crippen molar-refractivity contribution < 1.29 is 35.3 Å². The van der Waals surface area contributed by atoms with Gasteiger partial charge in [-0.3, -0.25) is 0 Å². The first-order chi connectivity index (χ1) is 11.0. The minimum absolute atomic E-state index is 0.124. The van der Waals surface area contributed by atoms with Gasteiger partial charge in [0.25, 0.3) is 5.82 Å². The Hall–Kier alpha value is -1.82. The maximum absolute atomic E-state index is 12.9.